The zero-order valence-electron chi connectivity index (χ0n) is 8.42. The fraction of sp³-hybridized carbons (Fsp3) is 0.300. The number of hydrogen-bond acceptors (Lipinski definition) is 4. The van der Waals surface area contributed by atoms with Crippen LogP contribution in [0.3, 0.4) is 0 Å². The molecule has 0 saturated heterocycles. The van der Waals surface area contributed by atoms with E-state index in [0.717, 1.165) is 5.56 Å². The molecule has 0 fully saturated rings. The molecule has 5 heteroatoms. The van der Waals surface area contributed by atoms with Crippen LogP contribution in [0.1, 0.15) is 12.5 Å². The van der Waals surface area contributed by atoms with Crippen molar-refractivity contribution in [2.45, 2.75) is 13.3 Å². The Morgan fingerprint density at radius 3 is 2.73 bits per heavy atom. The van der Waals surface area contributed by atoms with Gasteiger partial charge in [-0.15, -0.1) is 0 Å². The third kappa shape index (κ3) is 2.86. The molecular weight excluding hydrogens is 260 g/mol. The second-order valence-electron chi connectivity index (χ2n) is 3.02. The molecule has 0 aliphatic carbocycles. The Bertz CT molecular complexity index is 380. The highest BCUT2D eigenvalue weighted by Crippen LogP contribution is 2.29. The van der Waals surface area contributed by atoms with Crippen LogP contribution in [-0.2, 0) is 16.0 Å². The third-order valence-electron chi connectivity index (χ3n) is 1.93. The molecule has 1 aromatic carbocycles. The largest absolute Gasteiger partial charge is 0.466 e. The minimum atomic E-state index is -0.276. The summed E-state index contributed by atoms with van der Waals surface area (Å²) in [7, 11) is 0. The van der Waals surface area contributed by atoms with Crippen LogP contribution in [-0.4, -0.2) is 12.6 Å². The molecule has 4 nitrogen and oxygen atoms in total. The Morgan fingerprint density at radius 2 is 2.13 bits per heavy atom. The standard InChI is InChI=1S/C10H13BrN2O2/c1-2-15-8(14)5-6-3-4-7(12)10(13)9(6)11/h3-4H,2,5,12-13H2,1H3. The molecule has 0 heterocycles. The summed E-state index contributed by atoms with van der Waals surface area (Å²) in [6.45, 7) is 2.14. The van der Waals surface area contributed by atoms with E-state index in [2.05, 4.69) is 15.9 Å². The molecule has 0 bridgehead atoms. The third-order valence-corrected chi connectivity index (χ3v) is 2.87. The van der Waals surface area contributed by atoms with Crippen molar-refractivity contribution >= 4 is 33.3 Å². The van der Waals surface area contributed by atoms with Gasteiger partial charge in [-0.1, -0.05) is 6.07 Å². The Labute approximate surface area is 96.7 Å². The minimum Gasteiger partial charge on any atom is -0.466 e. The first-order valence-electron chi connectivity index (χ1n) is 4.54. The van der Waals surface area contributed by atoms with Gasteiger partial charge in [0.05, 0.1) is 24.4 Å². The lowest BCUT2D eigenvalue weighted by atomic mass is 10.1. The van der Waals surface area contributed by atoms with E-state index in [9.17, 15) is 4.79 Å². The number of nitrogens with two attached hydrogens (primary N) is 2. The number of esters is 1. The predicted molar refractivity (Wildman–Crippen MR) is 63.3 cm³/mol. The van der Waals surface area contributed by atoms with Gasteiger partial charge in [0.2, 0.25) is 0 Å². The molecule has 0 radical (unpaired) electrons. The number of halogens is 1. The average Bonchev–Trinajstić information content (AvgIpc) is 2.20. The molecule has 0 saturated carbocycles. The van der Waals surface area contributed by atoms with Gasteiger partial charge in [0, 0.05) is 4.47 Å². The first kappa shape index (κ1) is 11.8. The van der Waals surface area contributed by atoms with Crippen molar-refractivity contribution in [1.29, 1.82) is 0 Å². The van der Waals surface area contributed by atoms with E-state index in [-0.39, 0.29) is 12.4 Å². The monoisotopic (exact) mass is 272 g/mol. The van der Waals surface area contributed by atoms with Gasteiger partial charge >= 0.3 is 5.97 Å². The zero-order valence-corrected chi connectivity index (χ0v) is 10.0. The number of benzene rings is 1. The topological polar surface area (TPSA) is 78.3 Å². The van der Waals surface area contributed by atoms with Crippen LogP contribution in [0.2, 0.25) is 0 Å². The lowest BCUT2D eigenvalue weighted by Crippen LogP contribution is -2.09. The van der Waals surface area contributed by atoms with Crippen LogP contribution in [0.25, 0.3) is 0 Å². The van der Waals surface area contributed by atoms with E-state index in [1.54, 1.807) is 19.1 Å². The smallest absolute Gasteiger partial charge is 0.310 e. The van der Waals surface area contributed by atoms with Crippen LogP contribution >= 0.6 is 15.9 Å². The van der Waals surface area contributed by atoms with Crippen molar-refractivity contribution in [3.05, 3.63) is 22.2 Å². The fourth-order valence-electron chi connectivity index (χ4n) is 1.16. The highest BCUT2D eigenvalue weighted by molar-refractivity contribution is 9.10. The van der Waals surface area contributed by atoms with Crippen LogP contribution in [0.4, 0.5) is 11.4 Å². The maximum Gasteiger partial charge on any atom is 0.310 e. The second kappa shape index (κ2) is 5.02. The molecule has 0 aromatic heterocycles. The van der Waals surface area contributed by atoms with Crippen LogP contribution < -0.4 is 11.5 Å². The maximum atomic E-state index is 11.2. The number of ether oxygens (including phenoxy) is 1. The summed E-state index contributed by atoms with van der Waals surface area (Å²) in [5.41, 5.74) is 13.0. The normalized spacial score (nSPS) is 10.0. The van der Waals surface area contributed by atoms with E-state index < -0.39 is 0 Å². The van der Waals surface area contributed by atoms with Gasteiger partial charge in [-0.05, 0) is 34.5 Å². The molecule has 15 heavy (non-hydrogen) atoms. The number of anilines is 2. The quantitative estimate of drug-likeness (QED) is 0.649. The first-order chi connectivity index (χ1) is 7.06. The molecule has 1 rings (SSSR count). The van der Waals surface area contributed by atoms with E-state index in [1.165, 1.54) is 0 Å². The van der Waals surface area contributed by atoms with Gasteiger partial charge in [0.25, 0.3) is 0 Å². The van der Waals surface area contributed by atoms with Gasteiger partial charge in [-0.2, -0.15) is 0 Å². The molecule has 0 aliphatic rings. The van der Waals surface area contributed by atoms with E-state index >= 15 is 0 Å². The summed E-state index contributed by atoms with van der Waals surface area (Å²) < 4.78 is 5.50. The van der Waals surface area contributed by atoms with Gasteiger partial charge in [-0.25, -0.2) is 0 Å². The van der Waals surface area contributed by atoms with Crippen LogP contribution in [0.5, 0.6) is 0 Å². The molecule has 0 atom stereocenters. The number of carbonyl (C=O) groups excluding carboxylic acids is 1. The highest BCUT2D eigenvalue weighted by atomic mass is 79.9. The van der Waals surface area contributed by atoms with Crippen molar-refractivity contribution in [3.63, 3.8) is 0 Å². The van der Waals surface area contributed by atoms with Crippen molar-refractivity contribution in [3.8, 4) is 0 Å². The van der Waals surface area contributed by atoms with Crippen LogP contribution in [0.15, 0.2) is 16.6 Å². The number of rotatable bonds is 3. The van der Waals surface area contributed by atoms with Crippen LogP contribution in [0, 0.1) is 0 Å². The Balaban J connectivity index is 2.87. The Kier molecular flexibility index (Phi) is 3.96. The predicted octanol–water partition coefficient (Wildman–Crippen LogP) is 1.72. The number of hydrogen-bond donors (Lipinski definition) is 2. The molecule has 4 N–H and O–H groups in total. The van der Waals surface area contributed by atoms with Crippen molar-refractivity contribution in [2.75, 3.05) is 18.1 Å². The molecule has 0 amide bonds. The summed E-state index contributed by atoms with van der Waals surface area (Å²) in [4.78, 5) is 11.2. The fourth-order valence-corrected chi connectivity index (χ4v) is 1.66. The molecule has 0 unspecified atom stereocenters. The lowest BCUT2D eigenvalue weighted by molar-refractivity contribution is -0.142. The molecule has 1 aromatic rings. The number of carbonyl (C=O) groups is 1. The summed E-state index contributed by atoms with van der Waals surface area (Å²) in [6.07, 6.45) is 0.193. The summed E-state index contributed by atoms with van der Waals surface area (Å²) >= 11 is 3.30. The van der Waals surface area contributed by atoms with E-state index in [1.807, 2.05) is 0 Å². The number of nitrogen functional groups attached to an aromatic ring is 2. The Morgan fingerprint density at radius 1 is 1.47 bits per heavy atom. The second-order valence-corrected chi connectivity index (χ2v) is 3.82. The van der Waals surface area contributed by atoms with Gasteiger partial charge in [-0.3, -0.25) is 4.79 Å². The van der Waals surface area contributed by atoms with Crippen molar-refractivity contribution < 1.29 is 9.53 Å². The molecule has 82 valence electrons. The lowest BCUT2D eigenvalue weighted by Gasteiger charge is -2.08. The van der Waals surface area contributed by atoms with Gasteiger partial charge in [0.1, 0.15) is 0 Å². The SMILES string of the molecule is CCOC(=O)Cc1ccc(N)c(N)c1Br. The van der Waals surface area contributed by atoms with Crippen molar-refractivity contribution in [1.82, 2.24) is 0 Å². The minimum absolute atomic E-state index is 0.193. The molecule has 0 spiro atoms. The van der Waals surface area contributed by atoms with E-state index in [4.69, 9.17) is 16.2 Å². The summed E-state index contributed by atoms with van der Waals surface area (Å²) in [5, 5.41) is 0. The molecule has 0 aliphatic heterocycles. The highest BCUT2D eigenvalue weighted by Gasteiger charge is 2.10. The van der Waals surface area contributed by atoms with E-state index in [0.29, 0.717) is 22.5 Å². The zero-order chi connectivity index (χ0) is 11.4. The van der Waals surface area contributed by atoms with Gasteiger partial charge < -0.3 is 16.2 Å². The van der Waals surface area contributed by atoms with Crippen molar-refractivity contribution in [2.24, 2.45) is 0 Å². The first-order valence-corrected chi connectivity index (χ1v) is 5.33. The summed E-state index contributed by atoms with van der Waals surface area (Å²) in [5.74, 6) is -0.276. The molecular formula is C10H13BrN2O2. The maximum absolute atomic E-state index is 11.2. The average molecular weight is 273 g/mol. The summed E-state index contributed by atoms with van der Waals surface area (Å²) in [6, 6.07) is 3.43. The van der Waals surface area contributed by atoms with Gasteiger partial charge in [0.15, 0.2) is 0 Å². The Hall–Kier alpha value is -1.23.